The highest BCUT2D eigenvalue weighted by Gasteiger charge is 2.51. The number of hydrogen-bond donors (Lipinski definition) is 1. The summed E-state index contributed by atoms with van der Waals surface area (Å²) < 4.78 is 0.571. The third-order valence-corrected chi connectivity index (χ3v) is 9.40. The highest BCUT2D eigenvalue weighted by Crippen LogP contribution is 2.61. The van der Waals surface area contributed by atoms with Crippen LogP contribution in [0, 0.1) is 17.8 Å². The fraction of sp³-hybridized carbons (Fsp3) is 0.407. The third kappa shape index (κ3) is 3.50. The van der Waals surface area contributed by atoms with Crippen LogP contribution in [0.4, 0.5) is 0 Å². The van der Waals surface area contributed by atoms with Crippen LogP contribution in [0.15, 0.2) is 53.4 Å². The van der Waals surface area contributed by atoms with Crippen molar-refractivity contribution in [3.8, 4) is 5.75 Å². The minimum atomic E-state index is -0.0801. The van der Waals surface area contributed by atoms with E-state index < -0.39 is 0 Å². The fourth-order valence-electron chi connectivity index (χ4n) is 7.01. The number of benzene rings is 2. The maximum atomic E-state index is 13.1. The van der Waals surface area contributed by atoms with Gasteiger partial charge in [-0.25, -0.2) is 0 Å². The Morgan fingerprint density at radius 3 is 2.34 bits per heavy atom. The number of thiocarbonyl (C=S) groups is 1. The van der Waals surface area contributed by atoms with Gasteiger partial charge in [-0.05, 0) is 91.0 Å². The van der Waals surface area contributed by atoms with Gasteiger partial charge in [0, 0.05) is 5.56 Å². The lowest BCUT2D eigenvalue weighted by Crippen LogP contribution is -2.48. The molecular formula is C27H27NO2S2. The standard InChI is InChI=1S/C27H27NO2S2/c29-23-7-6-22(27-13-18-8-19(14-27)10-20(9-18)15-27)11-21(23)12-24-25(30)28(26(31)32-24)16-17-4-2-1-3-5-17/h1-7,11-12,18-20,29H,8-10,13-16H2/b24-12+. The molecule has 164 valence electrons. The normalized spacial score (nSPS) is 32.3. The number of hydrogen-bond acceptors (Lipinski definition) is 4. The summed E-state index contributed by atoms with van der Waals surface area (Å²) in [6, 6.07) is 16.0. The predicted octanol–water partition coefficient (Wildman–Crippen LogP) is 6.26. The first kappa shape index (κ1) is 20.5. The zero-order chi connectivity index (χ0) is 21.9. The van der Waals surface area contributed by atoms with Gasteiger partial charge in [0.1, 0.15) is 10.1 Å². The zero-order valence-corrected chi connectivity index (χ0v) is 19.6. The molecule has 5 fully saturated rings. The van der Waals surface area contributed by atoms with Gasteiger partial charge in [0.2, 0.25) is 0 Å². The van der Waals surface area contributed by atoms with E-state index in [2.05, 4.69) is 12.1 Å². The average Bonchev–Trinajstić information content (AvgIpc) is 3.02. The molecule has 1 aliphatic heterocycles. The summed E-state index contributed by atoms with van der Waals surface area (Å²) in [6.45, 7) is 0.474. The van der Waals surface area contributed by atoms with Crippen LogP contribution in [-0.4, -0.2) is 20.2 Å². The Balaban J connectivity index is 1.29. The maximum Gasteiger partial charge on any atom is 0.266 e. The lowest BCUT2D eigenvalue weighted by Gasteiger charge is -2.57. The van der Waals surface area contributed by atoms with E-state index >= 15 is 0 Å². The number of nitrogens with zero attached hydrogens (tertiary/aromatic N) is 1. The molecule has 32 heavy (non-hydrogen) atoms. The van der Waals surface area contributed by atoms with Gasteiger partial charge in [-0.15, -0.1) is 0 Å². The summed E-state index contributed by atoms with van der Waals surface area (Å²) in [5.41, 5.74) is 3.40. The molecule has 4 aliphatic carbocycles. The molecule has 7 rings (SSSR count). The molecule has 0 spiro atoms. The number of carbonyl (C=O) groups excluding carboxylic acids is 1. The fourth-order valence-corrected chi connectivity index (χ4v) is 8.25. The van der Waals surface area contributed by atoms with Crippen molar-refractivity contribution in [2.75, 3.05) is 0 Å². The van der Waals surface area contributed by atoms with Crippen LogP contribution in [0.1, 0.15) is 55.2 Å². The molecule has 1 saturated heterocycles. The molecule has 0 aromatic heterocycles. The molecule has 2 aromatic rings. The van der Waals surface area contributed by atoms with Crippen LogP contribution in [0.25, 0.3) is 6.08 Å². The van der Waals surface area contributed by atoms with Crippen molar-refractivity contribution in [3.05, 3.63) is 70.1 Å². The minimum absolute atomic E-state index is 0.0801. The summed E-state index contributed by atoms with van der Waals surface area (Å²) in [7, 11) is 0. The SMILES string of the molecule is O=C1/C(=C\c2cc(C34CC5CC(CC(C5)C3)C4)ccc2O)SC(=S)N1Cc1ccccc1. The molecule has 1 N–H and O–H groups in total. The molecule has 5 heteroatoms. The van der Waals surface area contributed by atoms with E-state index in [0.29, 0.717) is 15.8 Å². The predicted molar refractivity (Wildman–Crippen MR) is 133 cm³/mol. The van der Waals surface area contributed by atoms with Crippen LogP contribution in [0.2, 0.25) is 0 Å². The Labute approximate surface area is 198 Å². The van der Waals surface area contributed by atoms with Gasteiger partial charge in [-0.1, -0.05) is 60.4 Å². The number of carbonyl (C=O) groups is 1. The van der Waals surface area contributed by atoms with Crippen LogP contribution in [0.5, 0.6) is 5.75 Å². The van der Waals surface area contributed by atoms with Crippen molar-refractivity contribution in [3.63, 3.8) is 0 Å². The molecule has 5 aliphatic rings. The number of rotatable bonds is 4. The second kappa shape index (κ2) is 7.74. The van der Waals surface area contributed by atoms with Crippen LogP contribution in [0.3, 0.4) is 0 Å². The van der Waals surface area contributed by atoms with Crippen LogP contribution < -0.4 is 0 Å². The number of phenols is 1. The summed E-state index contributed by atoms with van der Waals surface area (Å²) in [5, 5.41) is 10.6. The Morgan fingerprint density at radius 2 is 1.69 bits per heavy atom. The van der Waals surface area contributed by atoms with Gasteiger partial charge >= 0.3 is 0 Å². The van der Waals surface area contributed by atoms with Crippen molar-refractivity contribution < 1.29 is 9.90 Å². The Morgan fingerprint density at radius 1 is 1.03 bits per heavy atom. The summed E-state index contributed by atoms with van der Waals surface area (Å²) in [5.74, 6) is 2.75. The molecule has 1 amide bonds. The van der Waals surface area contributed by atoms with Gasteiger partial charge in [0.05, 0.1) is 11.4 Å². The van der Waals surface area contributed by atoms with E-state index in [0.717, 1.165) is 28.9 Å². The van der Waals surface area contributed by atoms with E-state index in [1.807, 2.05) is 42.5 Å². The Kier molecular flexibility index (Phi) is 4.96. The first-order chi connectivity index (χ1) is 15.5. The van der Waals surface area contributed by atoms with Gasteiger partial charge in [-0.3, -0.25) is 9.69 Å². The van der Waals surface area contributed by atoms with Crippen LogP contribution >= 0.6 is 24.0 Å². The minimum Gasteiger partial charge on any atom is -0.507 e. The van der Waals surface area contributed by atoms with Crippen molar-refractivity contribution >= 4 is 40.3 Å². The van der Waals surface area contributed by atoms with Gasteiger partial charge in [0.15, 0.2) is 0 Å². The first-order valence-electron chi connectivity index (χ1n) is 11.6. The number of thioether (sulfide) groups is 1. The molecule has 0 radical (unpaired) electrons. The van der Waals surface area contributed by atoms with Crippen molar-refractivity contribution in [2.45, 2.75) is 50.5 Å². The first-order valence-corrected chi connectivity index (χ1v) is 12.8. The third-order valence-electron chi connectivity index (χ3n) is 8.02. The second-order valence-corrected chi connectivity index (χ2v) is 11.9. The molecule has 0 atom stereocenters. The average molecular weight is 462 g/mol. The molecule has 2 aromatic carbocycles. The summed E-state index contributed by atoms with van der Waals surface area (Å²) in [6.07, 6.45) is 9.91. The Bertz CT molecular complexity index is 1090. The molecule has 4 saturated carbocycles. The van der Waals surface area contributed by atoms with Gasteiger partial charge in [0.25, 0.3) is 5.91 Å². The van der Waals surface area contributed by atoms with E-state index in [9.17, 15) is 9.90 Å². The van der Waals surface area contributed by atoms with E-state index in [1.165, 1.54) is 55.9 Å². The van der Waals surface area contributed by atoms with Crippen LogP contribution in [-0.2, 0) is 16.8 Å². The number of phenolic OH excluding ortho intramolecular Hbond substituents is 1. The summed E-state index contributed by atoms with van der Waals surface area (Å²) >= 11 is 6.84. The lowest BCUT2D eigenvalue weighted by atomic mass is 9.48. The van der Waals surface area contributed by atoms with Crippen molar-refractivity contribution in [1.82, 2.24) is 4.90 Å². The Hall–Kier alpha value is -2.11. The second-order valence-electron chi connectivity index (χ2n) is 10.2. The molecule has 3 nitrogen and oxygen atoms in total. The highest BCUT2D eigenvalue weighted by molar-refractivity contribution is 8.26. The molecule has 0 unspecified atom stereocenters. The maximum absolute atomic E-state index is 13.1. The smallest absolute Gasteiger partial charge is 0.266 e. The van der Waals surface area contributed by atoms with E-state index in [1.54, 1.807) is 4.90 Å². The molecule has 1 heterocycles. The summed E-state index contributed by atoms with van der Waals surface area (Å²) in [4.78, 5) is 15.4. The quantitative estimate of drug-likeness (QED) is 0.431. The highest BCUT2D eigenvalue weighted by atomic mass is 32.2. The topological polar surface area (TPSA) is 40.5 Å². The monoisotopic (exact) mass is 461 g/mol. The van der Waals surface area contributed by atoms with E-state index in [4.69, 9.17) is 12.2 Å². The van der Waals surface area contributed by atoms with Crippen molar-refractivity contribution in [2.24, 2.45) is 17.8 Å². The van der Waals surface area contributed by atoms with E-state index in [-0.39, 0.29) is 17.1 Å². The zero-order valence-electron chi connectivity index (χ0n) is 18.0. The van der Waals surface area contributed by atoms with Gasteiger partial charge in [-0.2, -0.15) is 0 Å². The number of aromatic hydroxyl groups is 1. The van der Waals surface area contributed by atoms with Crippen molar-refractivity contribution in [1.29, 1.82) is 0 Å². The largest absolute Gasteiger partial charge is 0.507 e. The number of amides is 1. The molecular weight excluding hydrogens is 434 g/mol. The lowest BCUT2D eigenvalue weighted by molar-refractivity contribution is -0.122. The van der Waals surface area contributed by atoms with Gasteiger partial charge < -0.3 is 5.11 Å². The molecule has 4 bridgehead atoms.